The van der Waals surface area contributed by atoms with Crippen molar-refractivity contribution in [3.63, 3.8) is 0 Å². The quantitative estimate of drug-likeness (QED) is 0.644. The summed E-state index contributed by atoms with van der Waals surface area (Å²) in [6, 6.07) is 7.51. The Morgan fingerprint density at radius 3 is 2.62 bits per heavy atom. The molecule has 0 aliphatic heterocycles. The minimum atomic E-state index is -1.45. The minimum absolute atomic E-state index is 0.456. The van der Waals surface area contributed by atoms with Gasteiger partial charge in [-0.2, -0.15) is 0 Å². The van der Waals surface area contributed by atoms with Crippen LogP contribution in [0.4, 0.5) is 0 Å². The summed E-state index contributed by atoms with van der Waals surface area (Å²) in [5.41, 5.74) is 0.456. The zero-order valence-corrected chi connectivity index (χ0v) is 13.5. The third-order valence-corrected chi connectivity index (χ3v) is 3.82. The van der Waals surface area contributed by atoms with Crippen molar-refractivity contribution in [1.82, 2.24) is 4.90 Å². The predicted molar refractivity (Wildman–Crippen MR) is 88.0 cm³/mol. The minimum Gasteiger partial charge on any atom is -0.492 e. The van der Waals surface area contributed by atoms with E-state index in [0.717, 1.165) is 19.5 Å². The van der Waals surface area contributed by atoms with E-state index in [1.165, 1.54) is 12.8 Å². The highest BCUT2D eigenvalue weighted by atomic mass is 16.5. The maximum Gasteiger partial charge on any atom is 0.488 e. The van der Waals surface area contributed by atoms with E-state index in [4.69, 9.17) is 14.8 Å². The van der Waals surface area contributed by atoms with Gasteiger partial charge in [0.15, 0.2) is 0 Å². The molecule has 1 aromatic rings. The summed E-state index contributed by atoms with van der Waals surface area (Å²) in [7, 11) is -1.45. The van der Waals surface area contributed by atoms with Gasteiger partial charge in [-0.3, -0.25) is 4.90 Å². The van der Waals surface area contributed by atoms with Gasteiger partial charge in [0.25, 0.3) is 0 Å². The van der Waals surface area contributed by atoms with E-state index in [-0.39, 0.29) is 0 Å². The van der Waals surface area contributed by atoms with Gasteiger partial charge in [-0.15, -0.1) is 0 Å². The maximum absolute atomic E-state index is 9.16. The molecule has 0 aromatic heterocycles. The lowest BCUT2D eigenvalue weighted by Gasteiger charge is -2.28. The van der Waals surface area contributed by atoms with Crippen molar-refractivity contribution in [2.45, 2.75) is 46.1 Å². The fourth-order valence-corrected chi connectivity index (χ4v) is 2.22. The summed E-state index contributed by atoms with van der Waals surface area (Å²) >= 11 is 0. The smallest absolute Gasteiger partial charge is 0.488 e. The molecule has 1 atom stereocenters. The molecule has 1 unspecified atom stereocenters. The van der Waals surface area contributed by atoms with Crippen molar-refractivity contribution in [3.05, 3.63) is 24.3 Å². The fraction of sp³-hybridized carbons (Fsp3) is 0.625. The molecule has 0 saturated carbocycles. The van der Waals surface area contributed by atoms with E-state index < -0.39 is 7.12 Å². The third-order valence-electron chi connectivity index (χ3n) is 3.82. The topological polar surface area (TPSA) is 52.9 Å². The molecule has 0 bridgehead atoms. The van der Waals surface area contributed by atoms with Gasteiger partial charge in [-0.05, 0) is 43.9 Å². The van der Waals surface area contributed by atoms with Crippen LogP contribution in [0.1, 0.15) is 40.0 Å². The molecule has 118 valence electrons. The molecule has 0 fully saturated rings. The second kappa shape index (κ2) is 9.82. The van der Waals surface area contributed by atoms with Gasteiger partial charge >= 0.3 is 7.12 Å². The van der Waals surface area contributed by atoms with Crippen LogP contribution in [0.15, 0.2) is 24.3 Å². The Morgan fingerprint density at radius 2 is 2.00 bits per heavy atom. The zero-order chi connectivity index (χ0) is 15.7. The number of unbranched alkanes of at least 4 members (excludes halogenated alkanes) is 1. The highest BCUT2D eigenvalue weighted by molar-refractivity contribution is 6.58. The Balaban J connectivity index is 2.47. The maximum atomic E-state index is 9.16. The molecule has 0 heterocycles. The van der Waals surface area contributed by atoms with Crippen LogP contribution in [0.2, 0.25) is 0 Å². The summed E-state index contributed by atoms with van der Waals surface area (Å²) in [6.07, 6.45) is 3.54. The molecule has 21 heavy (non-hydrogen) atoms. The molecule has 1 aromatic carbocycles. The van der Waals surface area contributed by atoms with E-state index in [1.54, 1.807) is 18.2 Å². The SMILES string of the molecule is CCCCN(CCOc1cccc(B(O)O)c1)C(C)CC. The van der Waals surface area contributed by atoms with E-state index in [1.807, 2.05) is 6.07 Å². The Morgan fingerprint density at radius 1 is 1.24 bits per heavy atom. The first-order valence-corrected chi connectivity index (χ1v) is 7.91. The fourth-order valence-electron chi connectivity index (χ4n) is 2.22. The van der Waals surface area contributed by atoms with Crippen molar-refractivity contribution in [1.29, 1.82) is 0 Å². The van der Waals surface area contributed by atoms with Crippen LogP contribution in [0.25, 0.3) is 0 Å². The van der Waals surface area contributed by atoms with Crippen LogP contribution in [0.3, 0.4) is 0 Å². The predicted octanol–water partition coefficient (Wildman–Crippen LogP) is 1.65. The van der Waals surface area contributed by atoms with Crippen LogP contribution in [0.5, 0.6) is 5.75 Å². The van der Waals surface area contributed by atoms with Crippen molar-refractivity contribution >= 4 is 12.6 Å². The van der Waals surface area contributed by atoms with Crippen LogP contribution in [-0.2, 0) is 0 Å². The second-order valence-corrected chi connectivity index (χ2v) is 5.44. The van der Waals surface area contributed by atoms with Crippen LogP contribution in [-0.4, -0.2) is 47.8 Å². The molecule has 0 aliphatic carbocycles. The average Bonchev–Trinajstić information content (AvgIpc) is 2.50. The first kappa shape index (κ1) is 18.0. The molecular weight excluding hydrogens is 265 g/mol. The van der Waals surface area contributed by atoms with Gasteiger partial charge < -0.3 is 14.8 Å². The lowest BCUT2D eigenvalue weighted by Crippen LogP contribution is -2.36. The number of rotatable bonds is 10. The van der Waals surface area contributed by atoms with Crippen LogP contribution in [0, 0.1) is 0 Å². The van der Waals surface area contributed by atoms with Crippen LogP contribution < -0.4 is 10.2 Å². The molecule has 0 radical (unpaired) electrons. The lowest BCUT2D eigenvalue weighted by atomic mass is 9.80. The third kappa shape index (κ3) is 6.51. The van der Waals surface area contributed by atoms with E-state index in [9.17, 15) is 0 Å². The van der Waals surface area contributed by atoms with Gasteiger partial charge in [0.05, 0.1) is 0 Å². The number of hydrogen-bond donors (Lipinski definition) is 2. The lowest BCUT2D eigenvalue weighted by molar-refractivity contribution is 0.162. The summed E-state index contributed by atoms with van der Waals surface area (Å²) in [5, 5.41) is 18.3. The Kier molecular flexibility index (Phi) is 8.42. The highest BCUT2D eigenvalue weighted by Gasteiger charge is 2.13. The van der Waals surface area contributed by atoms with Gasteiger partial charge in [-0.1, -0.05) is 32.4 Å². The molecule has 0 spiro atoms. The number of hydrogen-bond acceptors (Lipinski definition) is 4. The molecule has 0 saturated heterocycles. The molecule has 5 heteroatoms. The van der Waals surface area contributed by atoms with Gasteiger partial charge in [0.2, 0.25) is 0 Å². The number of benzene rings is 1. The summed E-state index contributed by atoms with van der Waals surface area (Å²) in [6.45, 7) is 9.26. The van der Waals surface area contributed by atoms with E-state index in [2.05, 4.69) is 25.7 Å². The Labute approximate surface area is 128 Å². The molecule has 2 N–H and O–H groups in total. The zero-order valence-electron chi connectivity index (χ0n) is 13.5. The van der Waals surface area contributed by atoms with Crippen molar-refractivity contribution in [3.8, 4) is 5.75 Å². The van der Waals surface area contributed by atoms with E-state index in [0.29, 0.717) is 23.9 Å². The van der Waals surface area contributed by atoms with Crippen molar-refractivity contribution < 1.29 is 14.8 Å². The molecule has 4 nitrogen and oxygen atoms in total. The largest absolute Gasteiger partial charge is 0.492 e. The Hall–Kier alpha value is -1.04. The first-order valence-electron chi connectivity index (χ1n) is 7.91. The molecule has 1 rings (SSSR count). The molecule has 0 aliphatic rings. The van der Waals surface area contributed by atoms with E-state index >= 15 is 0 Å². The van der Waals surface area contributed by atoms with Gasteiger partial charge in [-0.25, -0.2) is 0 Å². The average molecular weight is 293 g/mol. The summed E-state index contributed by atoms with van der Waals surface area (Å²) < 4.78 is 5.74. The van der Waals surface area contributed by atoms with Gasteiger partial charge in [0, 0.05) is 12.6 Å². The number of nitrogens with zero attached hydrogens (tertiary/aromatic N) is 1. The van der Waals surface area contributed by atoms with Gasteiger partial charge in [0.1, 0.15) is 12.4 Å². The van der Waals surface area contributed by atoms with Crippen molar-refractivity contribution in [2.75, 3.05) is 19.7 Å². The number of ether oxygens (including phenoxy) is 1. The molecular formula is C16H28BNO3. The standard InChI is InChI=1S/C16H28BNO3/c1-4-6-10-18(14(3)5-2)11-12-21-16-9-7-8-15(13-16)17(19)20/h7-9,13-14,19-20H,4-6,10-12H2,1-3H3. The monoisotopic (exact) mass is 293 g/mol. The van der Waals surface area contributed by atoms with Crippen LogP contribution >= 0.6 is 0 Å². The highest BCUT2D eigenvalue weighted by Crippen LogP contribution is 2.09. The molecule has 0 amide bonds. The second-order valence-electron chi connectivity index (χ2n) is 5.44. The normalized spacial score (nSPS) is 12.5. The first-order chi connectivity index (χ1) is 10.1. The Bertz CT molecular complexity index is 401. The summed E-state index contributed by atoms with van der Waals surface area (Å²) in [5.74, 6) is 0.681. The van der Waals surface area contributed by atoms with Crippen molar-refractivity contribution in [2.24, 2.45) is 0 Å². The summed E-state index contributed by atoms with van der Waals surface area (Å²) in [4.78, 5) is 2.45.